The van der Waals surface area contributed by atoms with Crippen LogP contribution >= 0.6 is 22.6 Å². The number of benzene rings is 1. The van der Waals surface area contributed by atoms with E-state index < -0.39 is 5.92 Å². The average molecular weight is 451 g/mol. The Hall–Kier alpha value is -1.50. The Morgan fingerprint density at radius 2 is 2.08 bits per heavy atom. The van der Waals surface area contributed by atoms with Crippen molar-refractivity contribution in [1.29, 1.82) is 0 Å². The standard InChI is InChI=1S/C20H22INO3/c1-3-11-25-20(24)17-12(2)22-15-9-6-10-16(23)19(15)18(17)13-7-4-5-8-14(13)21/h4-5,7-8,17-18H,3,6,9-11H2,1-2H3/t17?,18-/m0/s1. The van der Waals surface area contributed by atoms with Crippen molar-refractivity contribution in [3.8, 4) is 0 Å². The van der Waals surface area contributed by atoms with E-state index in [1.807, 2.05) is 38.1 Å². The highest BCUT2D eigenvalue weighted by atomic mass is 127. The molecule has 1 aromatic carbocycles. The van der Waals surface area contributed by atoms with Crippen LogP contribution in [0.1, 0.15) is 51.0 Å². The summed E-state index contributed by atoms with van der Waals surface area (Å²) in [6.45, 7) is 4.24. The first kappa shape index (κ1) is 18.3. The molecule has 0 aromatic heterocycles. The van der Waals surface area contributed by atoms with Gasteiger partial charge in [-0.25, -0.2) is 0 Å². The summed E-state index contributed by atoms with van der Waals surface area (Å²) >= 11 is 2.28. The fraction of sp³-hybridized carbons (Fsp3) is 0.450. The first-order valence-corrected chi connectivity index (χ1v) is 9.85. The Labute approximate surface area is 161 Å². The molecule has 1 aliphatic carbocycles. The number of esters is 1. The van der Waals surface area contributed by atoms with Gasteiger partial charge in [0.25, 0.3) is 0 Å². The van der Waals surface area contributed by atoms with Crippen LogP contribution in [0, 0.1) is 9.49 Å². The van der Waals surface area contributed by atoms with Crippen LogP contribution in [-0.4, -0.2) is 24.1 Å². The average Bonchev–Trinajstić information content (AvgIpc) is 2.59. The molecule has 0 saturated heterocycles. The minimum absolute atomic E-state index is 0.121. The van der Waals surface area contributed by atoms with E-state index >= 15 is 0 Å². The molecule has 0 radical (unpaired) electrons. The Morgan fingerprint density at radius 1 is 1.32 bits per heavy atom. The van der Waals surface area contributed by atoms with Crippen molar-refractivity contribution in [2.45, 2.75) is 45.4 Å². The van der Waals surface area contributed by atoms with E-state index in [1.165, 1.54) is 0 Å². The lowest BCUT2D eigenvalue weighted by Gasteiger charge is -2.34. The zero-order chi connectivity index (χ0) is 18.0. The zero-order valence-electron chi connectivity index (χ0n) is 14.5. The van der Waals surface area contributed by atoms with Crippen molar-refractivity contribution in [2.24, 2.45) is 10.9 Å². The molecule has 132 valence electrons. The third-order valence-electron chi connectivity index (χ3n) is 4.78. The number of carbonyl (C=O) groups excluding carboxylic acids is 2. The monoisotopic (exact) mass is 451 g/mol. The molecule has 2 aliphatic rings. The van der Waals surface area contributed by atoms with Crippen molar-refractivity contribution in [2.75, 3.05) is 6.61 Å². The van der Waals surface area contributed by atoms with Gasteiger partial charge in [-0.1, -0.05) is 25.1 Å². The summed E-state index contributed by atoms with van der Waals surface area (Å²) in [6.07, 6.45) is 2.94. The van der Waals surface area contributed by atoms with Crippen molar-refractivity contribution < 1.29 is 14.3 Å². The highest BCUT2D eigenvalue weighted by Gasteiger charge is 2.43. The number of hydrogen-bond donors (Lipinski definition) is 0. The Balaban J connectivity index is 2.12. The molecule has 3 rings (SSSR count). The van der Waals surface area contributed by atoms with E-state index in [0.717, 1.165) is 45.4 Å². The van der Waals surface area contributed by atoms with Crippen LogP contribution in [0.15, 0.2) is 40.5 Å². The van der Waals surface area contributed by atoms with Gasteiger partial charge in [0.2, 0.25) is 0 Å². The minimum atomic E-state index is -0.525. The molecule has 5 heteroatoms. The summed E-state index contributed by atoms with van der Waals surface area (Å²) < 4.78 is 6.51. The molecule has 0 saturated carbocycles. The summed E-state index contributed by atoms with van der Waals surface area (Å²) in [5.74, 6) is -0.978. The normalized spacial score (nSPS) is 23.2. The van der Waals surface area contributed by atoms with Gasteiger partial charge >= 0.3 is 5.97 Å². The molecule has 0 amide bonds. The maximum Gasteiger partial charge on any atom is 0.315 e. The van der Waals surface area contributed by atoms with E-state index in [1.54, 1.807) is 0 Å². The largest absolute Gasteiger partial charge is 0.465 e. The summed E-state index contributed by atoms with van der Waals surface area (Å²) in [5, 5.41) is 0. The third kappa shape index (κ3) is 3.57. The first-order chi connectivity index (χ1) is 12.0. The molecule has 1 aliphatic heterocycles. The Kier molecular flexibility index (Phi) is 5.71. The van der Waals surface area contributed by atoms with Gasteiger partial charge < -0.3 is 4.74 Å². The fourth-order valence-electron chi connectivity index (χ4n) is 3.67. The summed E-state index contributed by atoms with van der Waals surface area (Å²) in [5.41, 5.74) is 3.34. The van der Waals surface area contributed by atoms with Crippen LogP contribution in [-0.2, 0) is 14.3 Å². The highest BCUT2D eigenvalue weighted by molar-refractivity contribution is 14.1. The second-order valence-corrected chi connectivity index (χ2v) is 7.70. The number of ketones is 1. The van der Waals surface area contributed by atoms with E-state index in [4.69, 9.17) is 4.74 Å². The van der Waals surface area contributed by atoms with Gasteiger partial charge in [-0.2, -0.15) is 0 Å². The van der Waals surface area contributed by atoms with Crippen LogP contribution in [0.2, 0.25) is 0 Å². The number of halogens is 1. The number of Topliss-reactive ketones (excluding diaryl/α,β-unsaturated/α-hetero) is 1. The van der Waals surface area contributed by atoms with Gasteiger partial charge in [0.15, 0.2) is 5.78 Å². The molecule has 1 aromatic rings. The molecule has 2 atom stereocenters. The molecule has 4 nitrogen and oxygen atoms in total. The predicted molar refractivity (Wildman–Crippen MR) is 106 cm³/mol. The van der Waals surface area contributed by atoms with Gasteiger partial charge in [0, 0.05) is 32.9 Å². The van der Waals surface area contributed by atoms with Gasteiger partial charge in [-0.05, 0) is 60.4 Å². The molecular formula is C20H22INO3. The second-order valence-electron chi connectivity index (χ2n) is 6.53. The van der Waals surface area contributed by atoms with E-state index in [-0.39, 0.29) is 17.7 Å². The van der Waals surface area contributed by atoms with Gasteiger partial charge in [-0.15, -0.1) is 0 Å². The summed E-state index contributed by atoms with van der Waals surface area (Å²) in [4.78, 5) is 30.2. The van der Waals surface area contributed by atoms with Crippen molar-refractivity contribution in [3.05, 3.63) is 44.7 Å². The second kappa shape index (κ2) is 7.81. The van der Waals surface area contributed by atoms with Crippen LogP contribution in [0.4, 0.5) is 0 Å². The Morgan fingerprint density at radius 3 is 2.80 bits per heavy atom. The predicted octanol–water partition coefficient (Wildman–Crippen LogP) is 4.43. The van der Waals surface area contributed by atoms with Gasteiger partial charge in [0.1, 0.15) is 5.92 Å². The van der Waals surface area contributed by atoms with Crippen LogP contribution in [0.3, 0.4) is 0 Å². The van der Waals surface area contributed by atoms with Crippen LogP contribution in [0.25, 0.3) is 0 Å². The number of nitrogens with zero attached hydrogens (tertiary/aromatic N) is 1. The highest BCUT2D eigenvalue weighted by Crippen LogP contribution is 2.44. The molecule has 1 heterocycles. The number of ether oxygens (including phenoxy) is 1. The molecule has 0 bridgehead atoms. The maximum absolute atomic E-state index is 12.8. The topological polar surface area (TPSA) is 55.7 Å². The van der Waals surface area contributed by atoms with Gasteiger partial charge in [0.05, 0.1) is 6.61 Å². The number of allylic oxidation sites excluding steroid dienone is 2. The lowest BCUT2D eigenvalue weighted by atomic mass is 9.72. The number of aliphatic imine (C=N–C) groups is 1. The molecule has 0 fully saturated rings. The van der Waals surface area contributed by atoms with Crippen molar-refractivity contribution in [3.63, 3.8) is 0 Å². The quantitative estimate of drug-likeness (QED) is 0.503. The van der Waals surface area contributed by atoms with E-state index in [0.29, 0.717) is 13.0 Å². The smallest absolute Gasteiger partial charge is 0.315 e. The first-order valence-electron chi connectivity index (χ1n) is 8.77. The number of carbonyl (C=O) groups is 2. The Bertz CT molecular complexity index is 766. The van der Waals surface area contributed by atoms with Crippen molar-refractivity contribution in [1.82, 2.24) is 0 Å². The summed E-state index contributed by atoms with van der Waals surface area (Å²) in [7, 11) is 0. The lowest BCUT2D eigenvalue weighted by molar-refractivity contribution is -0.146. The molecule has 1 unspecified atom stereocenters. The minimum Gasteiger partial charge on any atom is -0.465 e. The van der Waals surface area contributed by atoms with Crippen LogP contribution in [0.5, 0.6) is 0 Å². The van der Waals surface area contributed by atoms with Gasteiger partial charge in [-0.3, -0.25) is 14.6 Å². The molecule has 0 spiro atoms. The third-order valence-corrected chi connectivity index (χ3v) is 5.76. The van der Waals surface area contributed by atoms with Crippen LogP contribution < -0.4 is 0 Å². The lowest BCUT2D eigenvalue weighted by Crippen LogP contribution is -2.37. The van der Waals surface area contributed by atoms with E-state index in [9.17, 15) is 9.59 Å². The SMILES string of the molecule is CCCOC(=O)C1C(C)=NC2=C(C(=O)CCC2)[C@H]1c1ccccc1I. The number of hydrogen-bond acceptors (Lipinski definition) is 4. The zero-order valence-corrected chi connectivity index (χ0v) is 16.7. The molecule has 25 heavy (non-hydrogen) atoms. The fourth-order valence-corrected chi connectivity index (χ4v) is 4.39. The number of rotatable bonds is 4. The molecular weight excluding hydrogens is 429 g/mol. The maximum atomic E-state index is 12.8. The molecule has 0 N–H and O–H groups in total. The van der Waals surface area contributed by atoms with E-state index in [2.05, 4.69) is 27.6 Å². The summed E-state index contributed by atoms with van der Waals surface area (Å²) in [6, 6.07) is 7.95. The van der Waals surface area contributed by atoms with Crippen molar-refractivity contribution >= 4 is 40.1 Å².